The van der Waals surface area contributed by atoms with Crippen molar-refractivity contribution in [2.24, 2.45) is 7.05 Å². The van der Waals surface area contributed by atoms with Gasteiger partial charge < -0.3 is 15.7 Å². The van der Waals surface area contributed by atoms with Crippen molar-refractivity contribution in [2.45, 2.75) is 45.3 Å². The van der Waals surface area contributed by atoms with Crippen LogP contribution in [0.2, 0.25) is 10.0 Å². The van der Waals surface area contributed by atoms with Gasteiger partial charge in [0.05, 0.1) is 32.2 Å². The lowest BCUT2D eigenvalue weighted by molar-refractivity contribution is -0.139. The second-order valence-electron chi connectivity index (χ2n) is 9.86. The summed E-state index contributed by atoms with van der Waals surface area (Å²) in [7, 11) is 1.61. The molecule has 1 heterocycles. The molecule has 1 aromatic heterocycles. The molecular weight excluding hydrogens is 567 g/mol. The maximum Gasteiger partial charge on any atom is 0.335 e. The molecule has 0 aliphatic heterocycles. The summed E-state index contributed by atoms with van der Waals surface area (Å²) < 4.78 is 2.51. The summed E-state index contributed by atoms with van der Waals surface area (Å²) in [6.07, 6.45) is 0.917. The topological polar surface area (TPSA) is 122 Å². The summed E-state index contributed by atoms with van der Waals surface area (Å²) in [4.78, 5) is 51.3. The molecule has 0 saturated heterocycles. The molecule has 41 heavy (non-hydrogen) atoms. The van der Waals surface area contributed by atoms with E-state index in [1.54, 1.807) is 49.5 Å². The zero-order chi connectivity index (χ0) is 29.8. The molecule has 0 radical (unpaired) electrons. The molecule has 0 spiro atoms. The Labute approximate surface area is 246 Å². The fourth-order valence-corrected chi connectivity index (χ4v) is 5.01. The highest BCUT2D eigenvalue weighted by Gasteiger charge is 2.24. The van der Waals surface area contributed by atoms with Gasteiger partial charge in [-0.25, -0.2) is 14.2 Å². The summed E-state index contributed by atoms with van der Waals surface area (Å²) in [6.45, 7) is 4.76. The van der Waals surface area contributed by atoms with E-state index in [0.717, 1.165) is 16.6 Å². The second-order valence-corrected chi connectivity index (χ2v) is 10.7. The molecule has 11 heteroatoms. The van der Waals surface area contributed by atoms with Gasteiger partial charge >= 0.3 is 11.7 Å². The number of hydrogen-bond acceptors (Lipinski definition) is 5. The van der Waals surface area contributed by atoms with E-state index >= 15 is 0 Å². The zero-order valence-electron chi connectivity index (χ0n) is 22.8. The lowest BCUT2D eigenvalue weighted by atomic mass is 10.0. The molecular formula is C30H30Cl2N4O5. The first kappa shape index (κ1) is 30.0. The van der Waals surface area contributed by atoms with Crippen molar-refractivity contribution >= 4 is 46.0 Å². The molecule has 3 N–H and O–H groups in total. The van der Waals surface area contributed by atoms with E-state index in [1.807, 2.05) is 6.07 Å². The van der Waals surface area contributed by atoms with Crippen LogP contribution in [0, 0.1) is 0 Å². The van der Waals surface area contributed by atoms with Gasteiger partial charge in [0.1, 0.15) is 6.04 Å². The number of hydrogen-bond donors (Lipinski definition) is 3. The van der Waals surface area contributed by atoms with Crippen LogP contribution >= 0.6 is 23.2 Å². The third-order valence-corrected chi connectivity index (χ3v) is 7.66. The molecule has 0 saturated carbocycles. The summed E-state index contributed by atoms with van der Waals surface area (Å²) in [5.41, 5.74) is 1.39. The smallest absolute Gasteiger partial charge is 0.335 e. The van der Waals surface area contributed by atoms with Crippen LogP contribution in [0.15, 0.2) is 70.3 Å². The fraction of sp³-hybridized carbons (Fsp3) is 0.267. The molecule has 0 fully saturated rings. The number of nitrogens with one attached hydrogen (secondary N) is 2. The molecule has 2 atom stereocenters. The van der Waals surface area contributed by atoms with Gasteiger partial charge in [-0.3, -0.25) is 14.2 Å². The van der Waals surface area contributed by atoms with Crippen molar-refractivity contribution in [1.29, 1.82) is 0 Å². The van der Waals surface area contributed by atoms with Gasteiger partial charge in [0.15, 0.2) is 0 Å². The van der Waals surface area contributed by atoms with Crippen molar-refractivity contribution in [1.82, 2.24) is 19.8 Å². The normalized spacial score (nSPS) is 12.7. The van der Waals surface area contributed by atoms with Crippen LogP contribution in [0.4, 0.5) is 0 Å². The summed E-state index contributed by atoms with van der Waals surface area (Å²) in [6, 6.07) is 15.4. The Morgan fingerprint density at radius 3 is 2.22 bits per heavy atom. The third kappa shape index (κ3) is 6.53. The standard InChI is InChI=1S/C30H30Cl2N4O5/c1-4-17(2)33-16-19-10-13-25-21(14-19)28(38)36(30(41)35(25)3)20-11-8-18(9-12-20)15-24(29(39)40)34-27(37)26-22(31)6-5-7-23(26)32/h5-14,17,24,33H,4,15-16H2,1-3H3,(H,34,37)(H,39,40)/t17?,24-/m0/s1. The van der Waals surface area contributed by atoms with Crippen LogP contribution in [0.5, 0.6) is 0 Å². The van der Waals surface area contributed by atoms with Crippen molar-refractivity contribution in [3.05, 3.63) is 108 Å². The first-order chi connectivity index (χ1) is 19.5. The van der Waals surface area contributed by atoms with E-state index in [9.17, 15) is 24.3 Å². The first-order valence-electron chi connectivity index (χ1n) is 13.1. The van der Waals surface area contributed by atoms with Gasteiger partial charge in [-0.05, 0) is 60.9 Å². The molecule has 4 rings (SSSR count). The van der Waals surface area contributed by atoms with Gasteiger partial charge in [0.25, 0.3) is 11.5 Å². The molecule has 3 aromatic carbocycles. The molecule has 1 amide bonds. The highest BCUT2D eigenvalue weighted by Crippen LogP contribution is 2.24. The Morgan fingerprint density at radius 1 is 0.976 bits per heavy atom. The SMILES string of the molecule is CCC(C)NCc1ccc2c(c1)c(=O)n(-c1ccc(C[C@H](NC(=O)c3c(Cl)cccc3Cl)C(=O)O)cc1)c(=O)n2C. The molecule has 0 aliphatic rings. The van der Waals surface area contributed by atoms with Gasteiger partial charge in [0, 0.05) is 26.1 Å². The Balaban J connectivity index is 1.61. The average Bonchev–Trinajstić information content (AvgIpc) is 2.95. The number of rotatable bonds is 10. The van der Waals surface area contributed by atoms with Crippen LogP contribution in [0.25, 0.3) is 16.6 Å². The highest BCUT2D eigenvalue weighted by atomic mass is 35.5. The Bertz CT molecular complexity index is 1710. The third-order valence-electron chi connectivity index (χ3n) is 7.03. The molecule has 4 aromatic rings. The van der Waals surface area contributed by atoms with Crippen molar-refractivity contribution in [3.63, 3.8) is 0 Å². The van der Waals surface area contributed by atoms with Gasteiger partial charge in [-0.1, -0.05) is 54.4 Å². The zero-order valence-corrected chi connectivity index (χ0v) is 24.3. The average molecular weight is 597 g/mol. The van der Waals surface area contributed by atoms with Crippen molar-refractivity contribution < 1.29 is 14.7 Å². The highest BCUT2D eigenvalue weighted by molar-refractivity contribution is 6.39. The fourth-order valence-electron chi connectivity index (χ4n) is 4.44. The monoisotopic (exact) mass is 596 g/mol. The molecule has 9 nitrogen and oxygen atoms in total. The van der Waals surface area contributed by atoms with Crippen LogP contribution in [-0.2, 0) is 24.8 Å². The Kier molecular flexibility index (Phi) is 9.32. The van der Waals surface area contributed by atoms with Gasteiger partial charge in [-0.2, -0.15) is 0 Å². The van der Waals surface area contributed by atoms with Gasteiger partial charge in [0.2, 0.25) is 0 Å². The van der Waals surface area contributed by atoms with Crippen LogP contribution in [-0.4, -0.2) is 38.2 Å². The number of carbonyl (C=O) groups is 2. The van der Waals surface area contributed by atoms with E-state index < -0.39 is 29.2 Å². The summed E-state index contributed by atoms with van der Waals surface area (Å²) >= 11 is 12.2. The Morgan fingerprint density at radius 2 is 1.61 bits per heavy atom. The predicted molar refractivity (Wildman–Crippen MR) is 160 cm³/mol. The van der Waals surface area contributed by atoms with E-state index in [2.05, 4.69) is 24.5 Å². The number of nitrogens with zero attached hydrogens (tertiary/aromatic N) is 2. The number of aliphatic carboxylic acids is 1. The molecule has 214 valence electrons. The number of carboxylic acids is 1. The van der Waals surface area contributed by atoms with Crippen molar-refractivity contribution in [2.75, 3.05) is 0 Å². The minimum atomic E-state index is -1.28. The van der Waals surface area contributed by atoms with Crippen LogP contribution < -0.4 is 21.9 Å². The number of aryl methyl sites for hydroxylation is 1. The number of amides is 1. The molecule has 1 unspecified atom stereocenters. The van der Waals surface area contributed by atoms with E-state index in [0.29, 0.717) is 34.7 Å². The van der Waals surface area contributed by atoms with Crippen LogP contribution in [0.3, 0.4) is 0 Å². The van der Waals surface area contributed by atoms with Crippen LogP contribution in [0.1, 0.15) is 41.8 Å². The first-order valence-corrected chi connectivity index (χ1v) is 13.8. The largest absolute Gasteiger partial charge is 0.480 e. The molecule has 0 aliphatic carbocycles. The minimum Gasteiger partial charge on any atom is -0.480 e. The second kappa shape index (κ2) is 12.7. The van der Waals surface area contributed by atoms with Crippen molar-refractivity contribution in [3.8, 4) is 5.69 Å². The Hall–Kier alpha value is -3.92. The number of benzene rings is 3. The minimum absolute atomic E-state index is 0.0113. The number of carboxylic acid groups (broad SMARTS) is 1. The predicted octanol–water partition coefficient (Wildman–Crippen LogP) is 4.31. The quantitative estimate of drug-likeness (QED) is 0.251. The lowest BCUT2D eigenvalue weighted by Crippen LogP contribution is -2.42. The maximum absolute atomic E-state index is 13.5. The number of carbonyl (C=O) groups excluding carboxylic acids is 1. The summed E-state index contributed by atoms with van der Waals surface area (Å²) in [5.74, 6) is -1.96. The van der Waals surface area contributed by atoms with Gasteiger partial charge in [-0.15, -0.1) is 0 Å². The van der Waals surface area contributed by atoms with E-state index in [1.165, 1.54) is 16.7 Å². The van der Waals surface area contributed by atoms with E-state index in [4.69, 9.17) is 23.2 Å². The lowest BCUT2D eigenvalue weighted by Gasteiger charge is -2.16. The maximum atomic E-state index is 13.5. The molecule has 0 bridgehead atoms. The number of halogens is 2. The summed E-state index contributed by atoms with van der Waals surface area (Å²) in [5, 5.41) is 16.2. The number of fused-ring (bicyclic) bond motifs is 1. The van der Waals surface area contributed by atoms with E-state index in [-0.39, 0.29) is 22.0 Å². The number of aromatic nitrogens is 2.